The number of rotatable bonds is 8. The van der Waals surface area contributed by atoms with Crippen molar-refractivity contribution in [3.05, 3.63) is 41.2 Å². The number of hydrogen-bond acceptors (Lipinski definition) is 6. The zero-order valence-electron chi connectivity index (χ0n) is 20.4. The summed E-state index contributed by atoms with van der Waals surface area (Å²) in [6.07, 6.45) is 2.80. The second-order valence-electron chi connectivity index (χ2n) is 8.24. The maximum absolute atomic E-state index is 13.7. The Kier molecular flexibility index (Phi) is 8.48. The first kappa shape index (κ1) is 26.3. The molecule has 0 atom stereocenters. The number of anilines is 1. The van der Waals surface area contributed by atoms with Gasteiger partial charge in [-0.1, -0.05) is 6.07 Å². The highest BCUT2D eigenvalue weighted by Crippen LogP contribution is 2.33. The first-order chi connectivity index (χ1) is 16.1. The predicted molar refractivity (Wildman–Crippen MR) is 134 cm³/mol. The van der Waals surface area contributed by atoms with Gasteiger partial charge in [0.15, 0.2) is 0 Å². The fraction of sp³-hybridized carbons (Fsp3) is 0.500. The van der Waals surface area contributed by atoms with E-state index in [4.69, 9.17) is 4.74 Å². The highest BCUT2D eigenvalue weighted by atomic mass is 32.2. The molecular formula is C24H33N3O5S2. The van der Waals surface area contributed by atoms with Crippen molar-refractivity contribution in [3.8, 4) is 0 Å². The SMILES string of the molecule is CCOC(=O)c1c(S(=O)(=O)N2CCC(C(=O)Nc3cccc(SC)c3)CC2)c(C)n(CC)c1C. The number of nitrogens with zero attached hydrogens (tertiary/aromatic N) is 2. The molecule has 1 aromatic heterocycles. The van der Waals surface area contributed by atoms with Gasteiger partial charge in [0.1, 0.15) is 10.5 Å². The molecule has 8 nitrogen and oxygen atoms in total. The predicted octanol–water partition coefficient (Wildman–Crippen LogP) is 4.06. The van der Waals surface area contributed by atoms with Crippen LogP contribution in [0.2, 0.25) is 0 Å². The lowest BCUT2D eigenvalue weighted by atomic mass is 9.97. The highest BCUT2D eigenvalue weighted by molar-refractivity contribution is 7.98. The van der Waals surface area contributed by atoms with Crippen LogP contribution < -0.4 is 5.32 Å². The van der Waals surface area contributed by atoms with E-state index in [9.17, 15) is 18.0 Å². The summed E-state index contributed by atoms with van der Waals surface area (Å²) in [4.78, 5) is 26.6. The van der Waals surface area contributed by atoms with Crippen LogP contribution in [0.5, 0.6) is 0 Å². The van der Waals surface area contributed by atoms with Crippen LogP contribution >= 0.6 is 11.8 Å². The molecule has 1 aromatic carbocycles. The van der Waals surface area contributed by atoms with E-state index in [1.54, 1.807) is 32.5 Å². The van der Waals surface area contributed by atoms with Gasteiger partial charge in [0.25, 0.3) is 0 Å². The first-order valence-corrected chi connectivity index (χ1v) is 14.1. The molecule has 1 aliphatic heterocycles. The van der Waals surface area contributed by atoms with Crippen LogP contribution in [0, 0.1) is 19.8 Å². The molecule has 1 saturated heterocycles. The fourth-order valence-corrected chi connectivity index (χ4v) is 6.90. The van der Waals surface area contributed by atoms with Crippen LogP contribution in [-0.2, 0) is 26.1 Å². The van der Waals surface area contributed by atoms with E-state index in [0.717, 1.165) is 10.6 Å². The van der Waals surface area contributed by atoms with Crippen LogP contribution in [-0.4, -0.2) is 55.1 Å². The number of piperidine rings is 1. The van der Waals surface area contributed by atoms with Crippen molar-refractivity contribution in [2.45, 2.75) is 56.9 Å². The number of esters is 1. The molecular weight excluding hydrogens is 474 g/mol. The van der Waals surface area contributed by atoms with Crippen LogP contribution in [0.4, 0.5) is 5.69 Å². The number of carbonyl (C=O) groups excluding carboxylic acids is 2. The number of carbonyl (C=O) groups is 2. The maximum Gasteiger partial charge on any atom is 0.341 e. The lowest BCUT2D eigenvalue weighted by Gasteiger charge is -2.30. The topological polar surface area (TPSA) is 97.7 Å². The number of aromatic nitrogens is 1. The zero-order chi connectivity index (χ0) is 25.0. The maximum atomic E-state index is 13.7. The van der Waals surface area contributed by atoms with Crippen molar-refractivity contribution < 1.29 is 22.7 Å². The number of thioether (sulfide) groups is 1. The summed E-state index contributed by atoms with van der Waals surface area (Å²) in [5, 5.41) is 2.95. The minimum atomic E-state index is -3.94. The van der Waals surface area contributed by atoms with E-state index in [0.29, 0.717) is 30.8 Å². The Hall–Kier alpha value is -2.30. The van der Waals surface area contributed by atoms with Gasteiger partial charge >= 0.3 is 5.97 Å². The monoisotopic (exact) mass is 507 g/mol. The molecule has 0 saturated carbocycles. The lowest BCUT2D eigenvalue weighted by Crippen LogP contribution is -2.42. The van der Waals surface area contributed by atoms with E-state index < -0.39 is 16.0 Å². The molecule has 1 amide bonds. The highest BCUT2D eigenvalue weighted by Gasteiger charge is 2.38. The summed E-state index contributed by atoms with van der Waals surface area (Å²) in [5.74, 6) is -1.01. The Morgan fingerprint density at radius 2 is 1.82 bits per heavy atom. The van der Waals surface area contributed by atoms with Crippen molar-refractivity contribution in [1.82, 2.24) is 8.87 Å². The number of benzene rings is 1. The average molecular weight is 508 g/mol. The second kappa shape index (κ2) is 11.0. The molecule has 2 aromatic rings. The van der Waals surface area contributed by atoms with Gasteiger partial charge in [-0.3, -0.25) is 4.79 Å². The summed E-state index contributed by atoms with van der Waals surface area (Å²) in [7, 11) is -3.94. The largest absolute Gasteiger partial charge is 0.462 e. The standard InChI is InChI=1S/C24H33N3O5S2/c1-6-27-16(3)21(24(29)32-7-2)22(17(27)4)34(30,31)26-13-11-18(12-14-26)23(28)25-19-9-8-10-20(15-19)33-5/h8-10,15,18H,6-7,11-14H2,1-5H3,(H,25,28). The smallest absolute Gasteiger partial charge is 0.341 e. The van der Waals surface area contributed by atoms with Crippen LogP contribution in [0.25, 0.3) is 0 Å². The Bertz CT molecular complexity index is 1170. The van der Waals surface area contributed by atoms with E-state index in [1.807, 2.05) is 42.0 Å². The normalized spacial score (nSPS) is 15.3. The summed E-state index contributed by atoms with van der Waals surface area (Å²) in [6.45, 7) is 8.18. The third-order valence-corrected chi connectivity index (χ3v) is 9.07. The Morgan fingerprint density at radius 1 is 1.15 bits per heavy atom. The molecule has 0 spiro atoms. The molecule has 0 radical (unpaired) electrons. The molecule has 10 heteroatoms. The number of hydrogen-bond donors (Lipinski definition) is 1. The van der Waals surface area contributed by atoms with Gasteiger partial charge < -0.3 is 14.6 Å². The molecule has 186 valence electrons. The van der Waals surface area contributed by atoms with Gasteiger partial charge in [0.2, 0.25) is 15.9 Å². The zero-order valence-corrected chi connectivity index (χ0v) is 22.0. The Balaban J connectivity index is 1.78. The number of ether oxygens (including phenoxy) is 1. The molecule has 1 aliphatic rings. The molecule has 2 heterocycles. The van der Waals surface area contributed by atoms with Gasteiger partial charge in [0, 0.05) is 47.5 Å². The van der Waals surface area contributed by atoms with Crippen molar-refractivity contribution >= 4 is 39.3 Å². The minimum Gasteiger partial charge on any atom is -0.462 e. The third kappa shape index (κ3) is 5.18. The molecule has 0 aliphatic carbocycles. The molecule has 1 N–H and O–H groups in total. The molecule has 34 heavy (non-hydrogen) atoms. The Morgan fingerprint density at radius 3 is 2.41 bits per heavy atom. The van der Waals surface area contributed by atoms with Gasteiger partial charge in [-0.15, -0.1) is 11.8 Å². The minimum absolute atomic E-state index is 0.0158. The van der Waals surface area contributed by atoms with Crippen LogP contribution in [0.3, 0.4) is 0 Å². The van der Waals surface area contributed by atoms with Crippen LogP contribution in [0.15, 0.2) is 34.1 Å². The first-order valence-electron chi connectivity index (χ1n) is 11.5. The summed E-state index contributed by atoms with van der Waals surface area (Å²) < 4.78 is 35.7. The van der Waals surface area contributed by atoms with Gasteiger partial charge in [-0.2, -0.15) is 4.31 Å². The summed E-state index contributed by atoms with van der Waals surface area (Å²) >= 11 is 1.60. The van der Waals surface area contributed by atoms with E-state index >= 15 is 0 Å². The van der Waals surface area contributed by atoms with Crippen molar-refractivity contribution in [3.63, 3.8) is 0 Å². The van der Waals surface area contributed by atoms with Crippen LogP contribution in [0.1, 0.15) is 48.4 Å². The average Bonchev–Trinajstić information content (AvgIpc) is 3.09. The van der Waals surface area contributed by atoms with Gasteiger partial charge in [-0.25, -0.2) is 13.2 Å². The summed E-state index contributed by atoms with van der Waals surface area (Å²) in [5.41, 5.74) is 1.95. The van der Waals surface area contributed by atoms with E-state index in [2.05, 4.69) is 5.32 Å². The number of sulfonamides is 1. The molecule has 0 unspecified atom stereocenters. The van der Waals surface area contributed by atoms with E-state index in [1.165, 1.54) is 4.31 Å². The lowest BCUT2D eigenvalue weighted by molar-refractivity contribution is -0.120. The van der Waals surface area contributed by atoms with Gasteiger partial charge in [0.05, 0.1) is 6.61 Å². The third-order valence-electron chi connectivity index (χ3n) is 6.28. The fourth-order valence-electron chi connectivity index (χ4n) is 4.52. The van der Waals surface area contributed by atoms with Gasteiger partial charge in [-0.05, 0) is 65.0 Å². The van der Waals surface area contributed by atoms with Crippen molar-refractivity contribution in [1.29, 1.82) is 0 Å². The quantitative estimate of drug-likeness (QED) is 0.427. The molecule has 0 bridgehead atoms. The molecule has 3 rings (SSSR count). The molecule has 1 fully saturated rings. The number of nitrogens with one attached hydrogen (secondary N) is 1. The van der Waals surface area contributed by atoms with Crippen molar-refractivity contribution in [2.75, 3.05) is 31.3 Å². The Labute approximate surface area is 206 Å². The second-order valence-corrected chi connectivity index (χ2v) is 11.0. The number of amides is 1. The summed E-state index contributed by atoms with van der Waals surface area (Å²) in [6, 6.07) is 7.63. The van der Waals surface area contributed by atoms with E-state index in [-0.39, 0.29) is 42.0 Å². The van der Waals surface area contributed by atoms with Crippen molar-refractivity contribution in [2.24, 2.45) is 5.92 Å².